The zero-order valence-corrected chi connectivity index (χ0v) is 69.8. The number of aryl methyl sites for hydroxylation is 2. The first-order chi connectivity index (χ1) is 52.9. The van der Waals surface area contributed by atoms with E-state index in [0.717, 1.165) is 97.3 Å². The Morgan fingerprint density at radius 1 is 0.400 bits per heavy atom. The van der Waals surface area contributed by atoms with Crippen molar-refractivity contribution in [1.29, 1.82) is 0 Å². The second-order valence-electron chi connectivity index (χ2n) is 32.0. The molecule has 2 unspecified atom stereocenters. The summed E-state index contributed by atoms with van der Waals surface area (Å²) >= 11 is 9.09. The SMILES string of the molecule is CC#Cc1cncc(-c2cc(C)c([C@]3(C)CC4(CCCCC4)SC(N)=N3)s2)c1.CC#Cc1cncc(-c2cc(C3(C)CC4(CCCCC4)SC(N)=N3)n(C)n2)c1.CC#Cc1cncc(-n2ccc(C3(C)CC4(CCCCC4)SC(N)=N3)c2)c1.CC#Cc1cncc(-n2ccc([C@]3(C)CC4(CCCCC4)SC(N)=N3)c2)c1. The lowest BCUT2D eigenvalue weighted by Crippen LogP contribution is -2.43. The monoisotopic (exact) mass is 1560 g/mol. The van der Waals surface area contributed by atoms with Gasteiger partial charge in [-0.25, -0.2) is 4.99 Å². The molecule has 4 fully saturated rings. The van der Waals surface area contributed by atoms with Crippen LogP contribution in [0.3, 0.4) is 0 Å². The van der Waals surface area contributed by atoms with Gasteiger partial charge in [0.15, 0.2) is 20.7 Å². The Morgan fingerprint density at radius 3 is 1.15 bits per heavy atom. The van der Waals surface area contributed by atoms with Gasteiger partial charge in [0.05, 0.1) is 51.8 Å². The number of amidine groups is 4. The van der Waals surface area contributed by atoms with Crippen molar-refractivity contribution in [1.82, 2.24) is 38.9 Å². The Morgan fingerprint density at radius 2 is 0.745 bits per heavy atom. The van der Waals surface area contributed by atoms with E-state index in [1.807, 2.05) is 123 Å². The summed E-state index contributed by atoms with van der Waals surface area (Å²) in [5, 5.41) is 7.71. The highest BCUT2D eigenvalue weighted by Gasteiger charge is 2.50. The van der Waals surface area contributed by atoms with Crippen LogP contribution < -0.4 is 22.9 Å². The molecule has 4 spiro atoms. The van der Waals surface area contributed by atoms with E-state index in [1.165, 1.54) is 155 Å². The van der Waals surface area contributed by atoms with Crippen LogP contribution in [0.5, 0.6) is 0 Å². The molecule has 0 aromatic carbocycles. The average Bonchev–Trinajstić information content (AvgIpc) is 1.47. The first-order valence-electron chi connectivity index (χ1n) is 39.1. The van der Waals surface area contributed by atoms with Crippen molar-refractivity contribution in [3.05, 3.63) is 172 Å². The molecule has 8 aliphatic rings. The maximum Gasteiger partial charge on any atom is 0.155 e. The third-order valence-corrected chi connectivity index (χ3v) is 29.8. The fourth-order valence-electron chi connectivity index (χ4n) is 18.4. The molecule has 572 valence electrons. The van der Waals surface area contributed by atoms with E-state index in [1.54, 1.807) is 30.4 Å². The third kappa shape index (κ3) is 18.4. The number of rotatable bonds is 8. The second-order valence-corrected chi connectivity index (χ2v) is 39.1. The van der Waals surface area contributed by atoms with Crippen molar-refractivity contribution in [3.8, 4) is 80.4 Å². The lowest BCUT2D eigenvalue weighted by molar-refractivity contribution is 0.293. The molecule has 0 bridgehead atoms. The van der Waals surface area contributed by atoms with Crippen LogP contribution in [0.4, 0.5) is 0 Å². The van der Waals surface area contributed by atoms with Crippen LogP contribution in [-0.4, -0.2) is 78.5 Å². The molecule has 8 N–H and O–H groups in total. The molecule has 4 aliphatic heterocycles. The zero-order chi connectivity index (χ0) is 77.4. The van der Waals surface area contributed by atoms with Crippen LogP contribution in [-0.2, 0) is 29.2 Å². The van der Waals surface area contributed by atoms with Crippen molar-refractivity contribution in [2.24, 2.45) is 50.0 Å². The van der Waals surface area contributed by atoms with E-state index in [4.69, 9.17) is 48.0 Å². The summed E-state index contributed by atoms with van der Waals surface area (Å²) in [6, 6.07) is 17.0. The highest BCUT2D eigenvalue weighted by molar-refractivity contribution is 8.15. The quantitative estimate of drug-likeness (QED) is 0.104. The Kier molecular flexibility index (Phi) is 24.5. The number of thiophene rings is 1. The summed E-state index contributed by atoms with van der Waals surface area (Å²) in [6.07, 6.45) is 53.0. The molecule has 4 atom stereocenters. The van der Waals surface area contributed by atoms with E-state index < -0.39 is 0 Å². The number of thioether (sulfide) groups is 4. The van der Waals surface area contributed by atoms with E-state index in [9.17, 15) is 0 Å². The Bertz CT molecular complexity index is 4740. The van der Waals surface area contributed by atoms with Crippen molar-refractivity contribution in [2.75, 3.05) is 0 Å². The number of aliphatic imine (C=N–C) groups is 4. The molecule has 0 radical (unpaired) electrons. The topological polar surface area (TPSA) is 233 Å². The number of nitrogens with zero attached hydrogens (tertiary/aromatic N) is 12. The molecule has 110 heavy (non-hydrogen) atoms. The molecule has 16 nitrogen and oxygen atoms in total. The van der Waals surface area contributed by atoms with Crippen molar-refractivity contribution in [2.45, 2.75) is 258 Å². The first kappa shape index (κ1) is 79.7. The smallest absolute Gasteiger partial charge is 0.155 e. The summed E-state index contributed by atoms with van der Waals surface area (Å²) in [7, 11) is 1.99. The second kappa shape index (κ2) is 33.9. The molecule has 8 aromatic rings. The molecule has 4 saturated carbocycles. The summed E-state index contributed by atoms with van der Waals surface area (Å²) in [5.41, 5.74) is 37.7. The normalized spacial score (nSPS) is 23.9. The number of hydrogen-bond acceptors (Lipinski definition) is 18. The predicted octanol–water partition coefficient (Wildman–Crippen LogP) is 19.3. The lowest BCUT2D eigenvalue weighted by atomic mass is 9.77. The molecular weight excluding hydrogens is 1450 g/mol. The fraction of sp³-hybridized carbons (Fsp3) is 0.472. The first-order valence-corrected chi connectivity index (χ1v) is 43.2. The van der Waals surface area contributed by atoms with Crippen LogP contribution in [0.25, 0.3) is 33.1 Å². The molecule has 16 rings (SSSR count). The Balaban J connectivity index is 0.000000129. The van der Waals surface area contributed by atoms with Crippen LogP contribution in [0, 0.1) is 54.3 Å². The zero-order valence-electron chi connectivity index (χ0n) is 65.7. The van der Waals surface area contributed by atoms with Gasteiger partial charge in [0.2, 0.25) is 0 Å². The summed E-state index contributed by atoms with van der Waals surface area (Å²) < 4.78 is 7.13. The maximum atomic E-state index is 6.37. The fourth-order valence-corrected chi connectivity index (χ4v) is 25.8. The van der Waals surface area contributed by atoms with E-state index in [0.29, 0.717) is 5.17 Å². The molecular formula is C89H106N16S5. The van der Waals surface area contributed by atoms with Gasteiger partial charge in [0, 0.05) is 131 Å². The summed E-state index contributed by atoms with van der Waals surface area (Å²) in [5.74, 6) is 24.1. The largest absolute Gasteiger partial charge is 0.378 e. The van der Waals surface area contributed by atoms with Crippen LogP contribution in [0.2, 0.25) is 0 Å². The number of nitrogens with two attached hydrogens (primary N) is 4. The minimum absolute atomic E-state index is 0.210. The van der Waals surface area contributed by atoms with Crippen molar-refractivity contribution >= 4 is 79.1 Å². The number of aromatic nitrogens is 8. The van der Waals surface area contributed by atoms with E-state index >= 15 is 0 Å². The minimum atomic E-state index is -0.360. The van der Waals surface area contributed by atoms with Gasteiger partial charge in [-0.3, -0.25) is 39.6 Å². The number of hydrogen-bond donors (Lipinski definition) is 4. The third-order valence-electron chi connectivity index (χ3n) is 23.1. The Hall–Kier alpha value is -8.41. The van der Waals surface area contributed by atoms with Gasteiger partial charge in [-0.2, -0.15) is 5.10 Å². The lowest BCUT2D eigenvalue weighted by Gasteiger charge is -2.45. The van der Waals surface area contributed by atoms with Gasteiger partial charge >= 0.3 is 0 Å². The summed E-state index contributed by atoms with van der Waals surface area (Å²) in [6.45, 7) is 18.5. The van der Waals surface area contributed by atoms with Gasteiger partial charge in [0.1, 0.15) is 5.54 Å². The van der Waals surface area contributed by atoms with Gasteiger partial charge < -0.3 is 32.1 Å². The average molecular weight is 1560 g/mol. The van der Waals surface area contributed by atoms with E-state index in [-0.39, 0.29) is 41.1 Å². The molecule has 21 heteroatoms. The molecule has 12 heterocycles. The van der Waals surface area contributed by atoms with Gasteiger partial charge in [-0.1, -0.05) is 148 Å². The summed E-state index contributed by atoms with van der Waals surface area (Å²) in [4.78, 5) is 39.6. The molecule has 0 amide bonds. The van der Waals surface area contributed by atoms with Crippen molar-refractivity contribution in [3.63, 3.8) is 0 Å². The molecule has 8 aromatic heterocycles. The van der Waals surface area contributed by atoms with Gasteiger partial charge in [0.25, 0.3) is 0 Å². The van der Waals surface area contributed by atoms with Crippen LogP contribution in [0.15, 0.2) is 143 Å². The number of pyridine rings is 4. The van der Waals surface area contributed by atoms with Crippen LogP contribution >= 0.6 is 58.4 Å². The molecule has 0 saturated heterocycles. The maximum absolute atomic E-state index is 6.37. The van der Waals surface area contributed by atoms with Gasteiger partial charge in [-0.15, -0.1) is 35.0 Å². The highest BCUT2D eigenvalue weighted by atomic mass is 32.2. The standard InChI is InChI=1S/C23H27N3S2.C22H27N5S.2C22H26N4S/c1-4-8-17-12-18(14-25-13-17)19-11-16(2)20(27-19)22(3)15-23(28-21(24)26-22)9-6-5-7-10-23;1-4-8-16-11-17(14-24-13-16)18-12-19(27(3)26-18)21(2)15-22(28-20(23)25-21)9-6-5-7-10-22;2*1-3-7-17-12-19(14-24-13-17)26-11-8-18(15-26)21(2)16-22(27-20(23)25-21)9-5-4-6-10-22/h11-14H,5-7,9-10,15H2,1-3H3,(H2,24,26);11-14H,5-7,9-10,15H2,1-3H3,(H2,23,25);2*8,11-15H,4-6,9-10,16H2,1-2H3,(H2,23,25)/t22-;;21-;/m0.0./s1. The highest BCUT2D eigenvalue weighted by Crippen LogP contribution is 2.57. The minimum Gasteiger partial charge on any atom is -0.378 e. The molecule has 4 aliphatic carbocycles. The predicted molar refractivity (Wildman–Crippen MR) is 464 cm³/mol. The van der Waals surface area contributed by atoms with Crippen LogP contribution in [0.1, 0.15) is 259 Å². The Labute approximate surface area is 673 Å². The van der Waals surface area contributed by atoms with E-state index in [2.05, 4.69) is 178 Å². The van der Waals surface area contributed by atoms with Gasteiger partial charge in [-0.05, 0) is 205 Å². The van der Waals surface area contributed by atoms with Crippen molar-refractivity contribution < 1.29 is 0 Å².